The summed E-state index contributed by atoms with van der Waals surface area (Å²) in [6, 6.07) is 11.3. The maximum Gasteiger partial charge on any atom is 0.232 e. The normalized spacial score (nSPS) is 16.7. The summed E-state index contributed by atoms with van der Waals surface area (Å²) in [5, 5.41) is 4.09. The molecule has 3 heterocycles. The molecule has 1 aliphatic rings. The molecular weight excluding hydrogens is 358 g/mol. The van der Waals surface area contributed by atoms with Crippen LogP contribution in [0.15, 0.2) is 51.6 Å². The molecule has 7 nitrogen and oxygen atoms in total. The number of furan rings is 1. The number of benzene rings is 1. The van der Waals surface area contributed by atoms with Gasteiger partial charge in [-0.15, -0.1) is 0 Å². The zero-order chi connectivity index (χ0) is 19.3. The lowest BCUT2D eigenvalue weighted by molar-refractivity contribution is -0.128. The van der Waals surface area contributed by atoms with Gasteiger partial charge < -0.3 is 18.6 Å². The van der Waals surface area contributed by atoms with E-state index in [-0.39, 0.29) is 11.8 Å². The fourth-order valence-electron chi connectivity index (χ4n) is 3.23. The Bertz CT molecular complexity index is 902. The average molecular weight is 381 g/mol. The van der Waals surface area contributed by atoms with Crippen molar-refractivity contribution in [3.05, 3.63) is 54.3 Å². The summed E-state index contributed by atoms with van der Waals surface area (Å²) in [6.45, 7) is 3.86. The van der Waals surface area contributed by atoms with E-state index in [0.29, 0.717) is 37.8 Å². The van der Waals surface area contributed by atoms with Gasteiger partial charge in [-0.1, -0.05) is 18.5 Å². The van der Waals surface area contributed by atoms with Crippen molar-refractivity contribution in [2.24, 2.45) is 0 Å². The monoisotopic (exact) mass is 381 g/mol. The molecule has 1 aliphatic heterocycles. The molecule has 7 heteroatoms. The van der Waals surface area contributed by atoms with E-state index in [1.54, 1.807) is 11.2 Å². The van der Waals surface area contributed by atoms with Crippen LogP contribution in [0.25, 0.3) is 11.4 Å². The molecular formula is C21H23N3O4. The van der Waals surface area contributed by atoms with Crippen molar-refractivity contribution >= 4 is 5.91 Å². The van der Waals surface area contributed by atoms with Gasteiger partial charge in [-0.2, -0.15) is 4.98 Å². The quantitative estimate of drug-likeness (QED) is 0.548. The second kappa shape index (κ2) is 8.29. The summed E-state index contributed by atoms with van der Waals surface area (Å²) in [5.74, 6) is 2.58. The van der Waals surface area contributed by atoms with Crippen LogP contribution in [0.4, 0.5) is 0 Å². The van der Waals surface area contributed by atoms with Gasteiger partial charge in [0.05, 0.1) is 25.3 Å². The van der Waals surface area contributed by atoms with Crippen molar-refractivity contribution in [1.29, 1.82) is 0 Å². The molecule has 1 saturated heterocycles. The van der Waals surface area contributed by atoms with Crippen LogP contribution >= 0.6 is 0 Å². The highest BCUT2D eigenvalue weighted by Gasteiger charge is 2.34. The molecule has 0 spiro atoms. The van der Waals surface area contributed by atoms with E-state index in [2.05, 4.69) is 17.1 Å². The second-order valence-corrected chi connectivity index (χ2v) is 6.94. The summed E-state index contributed by atoms with van der Waals surface area (Å²) in [6.07, 6.45) is 4.11. The Kier molecular flexibility index (Phi) is 5.41. The lowest BCUT2D eigenvalue weighted by atomic mass is 10.1. The van der Waals surface area contributed by atoms with Crippen molar-refractivity contribution in [1.82, 2.24) is 15.0 Å². The van der Waals surface area contributed by atoms with Gasteiger partial charge in [0, 0.05) is 18.5 Å². The minimum atomic E-state index is -0.0969. The first-order chi connectivity index (χ1) is 13.7. The third kappa shape index (κ3) is 4.08. The number of ether oxygens (including phenoxy) is 1. The molecule has 1 fully saturated rings. The van der Waals surface area contributed by atoms with Crippen molar-refractivity contribution in [3.8, 4) is 17.1 Å². The molecule has 0 saturated carbocycles. The van der Waals surface area contributed by atoms with Crippen LogP contribution < -0.4 is 4.74 Å². The molecule has 4 rings (SSSR count). The summed E-state index contributed by atoms with van der Waals surface area (Å²) >= 11 is 0. The van der Waals surface area contributed by atoms with Crippen LogP contribution in [-0.4, -0.2) is 34.1 Å². The smallest absolute Gasteiger partial charge is 0.232 e. The summed E-state index contributed by atoms with van der Waals surface area (Å²) in [5.41, 5.74) is 0.856. The molecule has 28 heavy (non-hydrogen) atoms. The fourth-order valence-corrected chi connectivity index (χ4v) is 3.23. The summed E-state index contributed by atoms with van der Waals surface area (Å²) < 4.78 is 16.5. The lowest BCUT2D eigenvalue weighted by Gasteiger charge is -2.13. The largest absolute Gasteiger partial charge is 0.494 e. The van der Waals surface area contributed by atoms with E-state index in [9.17, 15) is 4.79 Å². The van der Waals surface area contributed by atoms with Crippen LogP contribution in [0.1, 0.15) is 43.8 Å². The SMILES string of the molecule is CCCCOc1ccc(-c2noc(C3CC(=O)N(Cc4ccco4)C3)n2)cc1. The minimum Gasteiger partial charge on any atom is -0.494 e. The Hall–Kier alpha value is -3.09. The van der Waals surface area contributed by atoms with E-state index in [0.717, 1.165) is 29.9 Å². The van der Waals surface area contributed by atoms with Crippen molar-refractivity contribution in [3.63, 3.8) is 0 Å². The van der Waals surface area contributed by atoms with Crippen molar-refractivity contribution < 1.29 is 18.5 Å². The molecule has 1 unspecified atom stereocenters. The molecule has 2 aromatic heterocycles. The number of aromatic nitrogens is 2. The predicted molar refractivity (Wildman–Crippen MR) is 102 cm³/mol. The third-order valence-electron chi connectivity index (χ3n) is 4.81. The third-order valence-corrected chi connectivity index (χ3v) is 4.81. The van der Waals surface area contributed by atoms with E-state index >= 15 is 0 Å². The Morgan fingerprint density at radius 1 is 1.25 bits per heavy atom. The highest BCUT2D eigenvalue weighted by Crippen LogP contribution is 2.30. The van der Waals surface area contributed by atoms with Crippen molar-refractivity contribution in [2.45, 2.75) is 38.6 Å². The number of carbonyl (C=O) groups excluding carboxylic acids is 1. The fraction of sp³-hybridized carbons (Fsp3) is 0.381. The van der Waals surface area contributed by atoms with Crippen LogP contribution in [0.2, 0.25) is 0 Å². The van der Waals surface area contributed by atoms with Crippen LogP contribution in [0.3, 0.4) is 0 Å². The average Bonchev–Trinajstić information content (AvgIpc) is 3.45. The molecule has 0 N–H and O–H groups in total. The first kappa shape index (κ1) is 18.3. The summed E-state index contributed by atoms with van der Waals surface area (Å²) in [7, 11) is 0. The zero-order valence-electron chi connectivity index (χ0n) is 15.8. The van der Waals surface area contributed by atoms with Gasteiger partial charge >= 0.3 is 0 Å². The van der Waals surface area contributed by atoms with Crippen molar-refractivity contribution in [2.75, 3.05) is 13.2 Å². The van der Waals surface area contributed by atoms with Crippen LogP contribution in [0, 0.1) is 0 Å². The predicted octanol–water partition coefficient (Wildman–Crippen LogP) is 4.02. The number of hydrogen-bond donors (Lipinski definition) is 0. The van der Waals surface area contributed by atoms with Gasteiger partial charge in [-0.3, -0.25) is 4.79 Å². The zero-order valence-corrected chi connectivity index (χ0v) is 15.8. The van der Waals surface area contributed by atoms with Gasteiger partial charge in [-0.05, 0) is 42.8 Å². The Labute approximate surface area is 163 Å². The van der Waals surface area contributed by atoms with Crippen LogP contribution in [-0.2, 0) is 11.3 Å². The Balaban J connectivity index is 1.39. The number of carbonyl (C=O) groups is 1. The highest BCUT2D eigenvalue weighted by atomic mass is 16.5. The van der Waals surface area contributed by atoms with E-state index in [4.69, 9.17) is 13.7 Å². The molecule has 146 valence electrons. The van der Waals surface area contributed by atoms with Gasteiger partial charge in [0.25, 0.3) is 0 Å². The molecule has 3 aromatic rings. The lowest BCUT2D eigenvalue weighted by Crippen LogP contribution is -2.24. The first-order valence-corrected chi connectivity index (χ1v) is 9.60. The maximum atomic E-state index is 12.3. The van der Waals surface area contributed by atoms with Gasteiger partial charge in [0.15, 0.2) is 0 Å². The molecule has 1 atom stereocenters. The van der Waals surface area contributed by atoms with E-state index < -0.39 is 0 Å². The van der Waals surface area contributed by atoms with E-state index in [1.807, 2.05) is 36.4 Å². The standard InChI is InChI=1S/C21H23N3O4/c1-2-3-10-26-17-8-6-15(7-9-17)20-22-21(28-23-20)16-12-19(25)24(13-16)14-18-5-4-11-27-18/h4-9,11,16H,2-3,10,12-14H2,1H3. The van der Waals surface area contributed by atoms with Gasteiger partial charge in [-0.25, -0.2) is 0 Å². The second-order valence-electron chi connectivity index (χ2n) is 6.94. The number of rotatable bonds is 8. The number of likely N-dealkylation sites (tertiary alicyclic amines) is 1. The molecule has 1 aromatic carbocycles. The summed E-state index contributed by atoms with van der Waals surface area (Å²) in [4.78, 5) is 18.6. The molecule has 0 aliphatic carbocycles. The highest BCUT2D eigenvalue weighted by molar-refractivity contribution is 5.79. The van der Waals surface area contributed by atoms with Crippen LogP contribution in [0.5, 0.6) is 5.75 Å². The minimum absolute atomic E-state index is 0.0646. The molecule has 0 bridgehead atoms. The number of unbranched alkanes of at least 4 members (excludes halogenated alkanes) is 1. The maximum absolute atomic E-state index is 12.3. The first-order valence-electron chi connectivity index (χ1n) is 9.60. The number of hydrogen-bond acceptors (Lipinski definition) is 6. The van der Waals surface area contributed by atoms with E-state index in [1.165, 1.54) is 0 Å². The molecule has 0 radical (unpaired) electrons. The van der Waals surface area contributed by atoms with Gasteiger partial charge in [0.2, 0.25) is 17.6 Å². The number of amides is 1. The Morgan fingerprint density at radius 2 is 2.11 bits per heavy atom. The number of nitrogens with zero attached hydrogens (tertiary/aromatic N) is 3. The Morgan fingerprint density at radius 3 is 2.86 bits per heavy atom. The van der Waals surface area contributed by atoms with Gasteiger partial charge in [0.1, 0.15) is 11.5 Å². The molecule has 1 amide bonds. The topological polar surface area (TPSA) is 81.6 Å².